The van der Waals surface area contributed by atoms with E-state index in [0.717, 1.165) is 82.6 Å². The minimum absolute atomic E-state index is 0.441. The Balaban J connectivity index is 0.928. The van der Waals surface area contributed by atoms with Gasteiger partial charge in [0.05, 0.1) is 0 Å². The van der Waals surface area contributed by atoms with Gasteiger partial charge < -0.3 is 14.8 Å². The monoisotopic (exact) mass is 468 g/mol. The summed E-state index contributed by atoms with van der Waals surface area (Å²) in [6, 6.07) is 8.81. The zero-order valence-electron chi connectivity index (χ0n) is 20.4. The number of benzene rings is 1. The van der Waals surface area contributed by atoms with Crippen LogP contribution in [0.1, 0.15) is 69.3 Å². The maximum Gasteiger partial charge on any atom is 0.210 e. The van der Waals surface area contributed by atoms with E-state index in [1.54, 1.807) is 0 Å². The van der Waals surface area contributed by atoms with E-state index in [-0.39, 0.29) is 0 Å². The highest BCUT2D eigenvalue weighted by molar-refractivity contribution is 5.30. The highest BCUT2D eigenvalue weighted by Crippen LogP contribution is 2.64. The Morgan fingerprint density at radius 2 is 1.56 bits per heavy atom. The molecule has 2 aliphatic heterocycles. The van der Waals surface area contributed by atoms with E-state index in [4.69, 9.17) is 19.2 Å². The second-order valence-corrected chi connectivity index (χ2v) is 12.0. The van der Waals surface area contributed by atoms with Crippen LogP contribution in [0.4, 0.5) is 0 Å². The molecular formula is C28H40N2O4. The van der Waals surface area contributed by atoms with Gasteiger partial charge in [0.2, 0.25) is 11.6 Å². The van der Waals surface area contributed by atoms with Crippen molar-refractivity contribution >= 4 is 0 Å². The first-order valence-electron chi connectivity index (χ1n) is 13.9. The van der Waals surface area contributed by atoms with Crippen molar-refractivity contribution in [3.63, 3.8) is 0 Å². The first-order valence-corrected chi connectivity index (χ1v) is 13.9. The molecule has 8 rings (SSSR count). The maximum absolute atomic E-state index is 6.88. The van der Waals surface area contributed by atoms with Gasteiger partial charge in [0, 0.05) is 57.4 Å². The predicted molar refractivity (Wildman–Crippen MR) is 128 cm³/mol. The summed E-state index contributed by atoms with van der Waals surface area (Å²) in [7, 11) is 0. The van der Waals surface area contributed by atoms with Gasteiger partial charge in [-0.3, -0.25) is 4.90 Å². The Morgan fingerprint density at radius 1 is 0.882 bits per heavy atom. The highest BCUT2D eigenvalue weighted by atomic mass is 17.3. The summed E-state index contributed by atoms with van der Waals surface area (Å²) in [5, 5.41) is 3.40. The molecule has 0 amide bonds. The smallest absolute Gasteiger partial charge is 0.210 e. The Morgan fingerprint density at radius 3 is 2.24 bits per heavy atom. The molecule has 0 unspecified atom stereocenters. The van der Waals surface area contributed by atoms with Gasteiger partial charge in [-0.25, -0.2) is 0 Å². The molecule has 34 heavy (non-hydrogen) atoms. The summed E-state index contributed by atoms with van der Waals surface area (Å²) in [5.41, 5.74) is 1.41. The van der Waals surface area contributed by atoms with Gasteiger partial charge in [-0.1, -0.05) is 12.1 Å². The van der Waals surface area contributed by atoms with Crippen molar-refractivity contribution in [2.75, 3.05) is 39.3 Å². The van der Waals surface area contributed by atoms with Gasteiger partial charge in [-0.2, -0.15) is 9.78 Å². The fourth-order valence-electron chi connectivity index (χ4n) is 8.25. The van der Waals surface area contributed by atoms with Crippen LogP contribution in [0.15, 0.2) is 24.3 Å². The lowest BCUT2D eigenvalue weighted by molar-refractivity contribution is -0.390. The Labute approximate surface area is 203 Å². The molecule has 0 radical (unpaired) electrons. The van der Waals surface area contributed by atoms with Crippen LogP contribution >= 0.6 is 0 Å². The van der Waals surface area contributed by atoms with Crippen molar-refractivity contribution in [3.8, 4) is 5.75 Å². The third-order valence-electron chi connectivity index (χ3n) is 9.93. The van der Waals surface area contributed by atoms with Gasteiger partial charge in [-0.05, 0) is 80.4 Å². The van der Waals surface area contributed by atoms with Crippen molar-refractivity contribution in [1.82, 2.24) is 10.2 Å². The number of ether oxygens (including phenoxy) is 2. The number of nitrogens with zero attached hydrogens (tertiary/aromatic N) is 1. The summed E-state index contributed by atoms with van der Waals surface area (Å²) >= 11 is 0. The maximum atomic E-state index is 6.88. The summed E-state index contributed by atoms with van der Waals surface area (Å²) in [5.74, 6) is 3.47. The van der Waals surface area contributed by atoms with E-state index >= 15 is 0 Å². The van der Waals surface area contributed by atoms with Crippen LogP contribution in [-0.2, 0) is 14.5 Å². The lowest BCUT2D eigenvalue weighted by Gasteiger charge is -2.57. The van der Waals surface area contributed by atoms with Gasteiger partial charge >= 0.3 is 0 Å². The number of hydrogen-bond acceptors (Lipinski definition) is 6. The topological polar surface area (TPSA) is 52.2 Å². The van der Waals surface area contributed by atoms with Crippen LogP contribution in [-0.4, -0.2) is 55.8 Å². The van der Waals surface area contributed by atoms with Crippen LogP contribution in [0.5, 0.6) is 5.75 Å². The average Bonchev–Trinajstić information content (AvgIpc) is 3.24. The minimum atomic E-state index is -0.515. The normalized spacial score (nSPS) is 43.7. The fourth-order valence-corrected chi connectivity index (χ4v) is 8.25. The first kappa shape index (κ1) is 22.1. The van der Waals surface area contributed by atoms with Crippen LogP contribution in [0.2, 0.25) is 0 Å². The van der Waals surface area contributed by atoms with Crippen LogP contribution in [0.3, 0.4) is 0 Å². The van der Waals surface area contributed by atoms with Crippen molar-refractivity contribution in [2.45, 2.75) is 75.3 Å². The first-order chi connectivity index (χ1) is 16.7. The molecule has 6 heteroatoms. The van der Waals surface area contributed by atoms with E-state index in [1.165, 1.54) is 37.7 Å². The lowest BCUT2D eigenvalue weighted by Crippen LogP contribution is -2.59. The second kappa shape index (κ2) is 8.74. The van der Waals surface area contributed by atoms with Crippen molar-refractivity contribution in [2.24, 2.45) is 23.7 Å². The number of rotatable bonds is 5. The third-order valence-corrected chi connectivity index (χ3v) is 9.93. The SMILES string of the molecule is c1cc(C2CCC3(CC2)OOC2(O3)C3CC4CC(C3)CC2C4)ccc1OCCN1CCNCC1. The second-order valence-electron chi connectivity index (χ2n) is 12.0. The molecule has 5 saturated carbocycles. The molecule has 7 aliphatic rings. The van der Waals surface area contributed by atoms with Crippen molar-refractivity contribution < 1.29 is 19.2 Å². The Kier molecular flexibility index (Phi) is 5.67. The van der Waals surface area contributed by atoms with Crippen LogP contribution in [0, 0.1) is 23.7 Å². The zero-order chi connectivity index (χ0) is 22.6. The van der Waals surface area contributed by atoms with Gasteiger partial charge in [0.1, 0.15) is 12.4 Å². The van der Waals surface area contributed by atoms with Crippen molar-refractivity contribution in [1.29, 1.82) is 0 Å². The molecule has 5 aliphatic carbocycles. The summed E-state index contributed by atoms with van der Waals surface area (Å²) in [6.07, 6.45) is 10.6. The van der Waals surface area contributed by atoms with Gasteiger partial charge in [0.15, 0.2) is 0 Å². The standard InChI is InChI=1S/C28H40N2O4/c1-3-26(31-14-13-30-11-9-29-10-12-30)4-2-22(1)23-5-7-27(8-6-23)32-28(34-33-27)24-16-20-15-21(18-24)19-25(28)17-20/h1-4,20-21,23-25,29H,5-19H2. The number of piperazine rings is 1. The van der Waals surface area contributed by atoms with Crippen LogP contribution < -0.4 is 10.1 Å². The van der Waals surface area contributed by atoms with Gasteiger partial charge in [-0.15, -0.1) is 0 Å². The molecule has 186 valence electrons. The molecule has 1 aromatic rings. The van der Waals surface area contributed by atoms with E-state index in [9.17, 15) is 0 Å². The van der Waals surface area contributed by atoms with E-state index in [1.807, 2.05) is 0 Å². The zero-order valence-corrected chi connectivity index (χ0v) is 20.4. The Hall–Kier alpha value is -1.18. The molecule has 1 aromatic carbocycles. The molecular weight excluding hydrogens is 428 g/mol. The predicted octanol–water partition coefficient (Wildman–Crippen LogP) is 4.46. The van der Waals surface area contributed by atoms with Crippen molar-refractivity contribution in [3.05, 3.63) is 29.8 Å². The average molecular weight is 469 g/mol. The molecule has 6 nitrogen and oxygen atoms in total. The Bertz CT molecular complexity index is 832. The third kappa shape index (κ3) is 3.90. The molecule has 2 saturated heterocycles. The molecule has 0 aromatic heterocycles. The number of nitrogens with one attached hydrogen (secondary N) is 1. The van der Waals surface area contributed by atoms with E-state index in [0.29, 0.717) is 17.8 Å². The molecule has 0 atom stereocenters. The van der Waals surface area contributed by atoms with Gasteiger partial charge in [0.25, 0.3) is 0 Å². The summed E-state index contributed by atoms with van der Waals surface area (Å²) in [4.78, 5) is 14.8. The molecule has 4 bridgehead atoms. The largest absolute Gasteiger partial charge is 0.492 e. The number of hydrogen-bond donors (Lipinski definition) is 1. The quantitative estimate of drug-likeness (QED) is 0.644. The fraction of sp³-hybridized carbons (Fsp3) is 0.786. The molecule has 7 fully saturated rings. The van der Waals surface area contributed by atoms with Crippen LogP contribution in [0.25, 0.3) is 0 Å². The molecule has 2 spiro atoms. The summed E-state index contributed by atoms with van der Waals surface area (Å²) < 4.78 is 12.9. The summed E-state index contributed by atoms with van der Waals surface area (Å²) in [6.45, 7) is 6.16. The highest BCUT2D eigenvalue weighted by Gasteiger charge is 2.66. The van der Waals surface area contributed by atoms with E-state index in [2.05, 4.69) is 34.5 Å². The molecule has 1 N–H and O–H groups in total. The molecule has 2 heterocycles. The minimum Gasteiger partial charge on any atom is -0.492 e. The van der Waals surface area contributed by atoms with E-state index < -0.39 is 11.6 Å². The lowest BCUT2D eigenvalue weighted by atomic mass is 9.53.